The highest BCUT2D eigenvalue weighted by atomic mass is 16.6. The predicted molar refractivity (Wildman–Crippen MR) is 163 cm³/mol. The second-order valence-corrected chi connectivity index (χ2v) is 12.2. The van der Waals surface area contributed by atoms with Crippen molar-refractivity contribution in [2.45, 2.75) is 84.0 Å². The van der Waals surface area contributed by atoms with Crippen LogP contribution in [-0.2, 0) is 27.4 Å². The van der Waals surface area contributed by atoms with Crippen molar-refractivity contribution in [2.24, 2.45) is 4.99 Å². The molecule has 0 amide bonds. The van der Waals surface area contributed by atoms with Gasteiger partial charge >= 0.3 is 5.97 Å². The van der Waals surface area contributed by atoms with Crippen LogP contribution in [0.4, 0.5) is 0 Å². The summed E-state index contributed by atoms with van der Waals surface area (Å²) in [6.45, 7) is 7.90. The number of carbonyl (C=O) groups is 2. The summed E-state index contributed by atoms with van der Waals surface area (Å²) >= 11 is 0. The van der Waals surface area contributed by atoms with Gasteiger partial charge in [-0.05, 0) is 74.6 Å². The molecule has 1 fully saturated rings. The van der Waals surface area contributed by atoms with Gasteiger partial charge < -0.3 is 29.2 Å². The fourth-order valence-corrected chi connectivity index (χ4v) is 6.47. The number of allylic oxidation sites excluding steroid dienone is 3. The van der Waals surface area contributed by atoms with E-state index in [1.54, 1.807) is 26.8 Å². The zero-order valence-electron chi connectivity index (χ0n) is 25.7. The lowest BCUT2D eigenvalue weighted by Crippen LogP contribution is -2.39. The van der Waals surface area contributed by atoms with Crippen LogP contribution in [0.25, 0.3) is 11.6 Å². The van der Waals surface area contributed by atoms with Crippen LogP contribution in [0.1, 0.15) is 81.5 Å². The molecule has 232 valence electrons. The number of hydrogen-bond donors (Lipinski definition) is 2. The van der Waals surface area contributed by atoms with Crippen LogP contribution in [0.3, 0.4) is 0 Å². The van der Waals surface area contributed by atoms with Gasteiger partial charge in [0.15, 0.2) is 0 Å². The quantitative estimate of drug-likeness (QED) is 0.440. The zero-order chi connectivity index (χ0) is 31.2. The van der Waals surface area contributed by atoms with E-state index >= 15 is 0 Å². The van der Waals surface area contributed by atoms with Crippen LogP contribution in [0.15, 0.2) is 40.6 Å². The van der Waals surface area contributed by atoms with Crippen molar-refractivity contribution in [2.75, 3.05) is 19.8 Å². The molecule has 9 heteroatoms. The molecule has 4 aliphatic rings. The normalized spacial score (nSPS) is 22.0. The molecular formula is C35H39NO8. The van der Waals surface area contributed by atoms with E-state index in [1.165, 1.54) is 0 Å². The lowest BCUT2D eigenvalue weighted by molar-refractivity contribution is -0.141. The Morgan fingerprint density at radius 1 is 1.16 bits per heavy atom. The first-order valence-electron chi connectivity index (χ1n) is 15.4. The highest BCUT2D eigenvalue weighted by molar-refractivity contribution is 5.98. The van der Waals surface area contributed by atoms with E-state index in [4.69, 9.17) is 18.9 Å². The highest BCUT2D eigenvalue weighted by Crippen LogP contribution is 2.55. The number of fused-ring (bicyclic) bond motifs is 3. The van der Waals surface area contributed by atoms with Crippen LogP contribution in [-0.4, -0.2) is 53.4 Å². The Hall–Kier alpha value is -3.95. The molecule has 3 heterocycles. The molecule has 0 saturated heterocycles. The van der Waals surface area contributed by atoms with E-state index in [0.29, 0.717) is 61.5 Å². The average Bonchev–Trinajstić information content (AvgIpc) is 3.66. The van der Waals surface area contributed by atoms with Gasteiger partial charge in [-0.25, -0.2) is 4.79 Å². The number of rotatable bonds is 8. The van der Waals surface area contributed by atoms with Gasteiger partial charge in [0.05, 0.1) is 48.5 Å². The number of Topliss-reactive ketones (excluding diaryl/α,β-unsaturated/α-hetero) is 1. The van der Waals surface area contributed by atoms with Gasteiger partial charge in [-0.3, -0.25) is 9.79 Å². The van der Waals surface area contributed by atoms with Gasteiger partial charge in [-0.1, -0.05) is 24.6 Å². The minimum atomic E-state index is -1.16. The summed E-state index contributed by atoms with van der Waals surface area (Å²) in [6, 6.07) is 6.01. The Morgan fingerprint density at radius 3 is 2.70 bits per heavy atom. The number of aliphatic hydroxyl groups is 2. The molecule has 2 N–H and O–H groups in total. The van der Waals surface area contributed by atoms with Crippen LogP contribution in [0.2, 0.25) is 0 Å². The van der Waals surface area contributed by atoms with Crippen LogP contribution < -0.4 is 24.8 Å². The molecule has 2 atom stereocenters. The maximum Gasteiger partial charge on any atom is 0.374 e. The topological polar surface area (TPSA) is 124 Å². The first kappa shape index (κ1) is 30.1. The molecule has 44 heavy (non-hydrogen) atoms. The average molecular weight is 602 g/mol. The maximum atomic E-state index is 13.4. The lowest BCUT2D eigenvalue weighted by Gasteiger charge is -2.30. The number of carbonyl (C=O) groups excluding carboxylic acids is 2. The monoisotopic (exact) mass is 601 g/mol. The van der Waals surface area contributed by atoms with Crippen molar-refractivity contribution >= 4 is 23.4 Å². The smallest absolute Gasteiger partial charge is 0.374 e. The van der Waals surface area contributed by atoms with Gasteiger partial charge in [-0.2, -0.15) is 0 Å². The second kappa shape index (κ2) is 11.9. The third-order valence-corrected chi connectivity index (χ3v) is 8.75. The Labute approximate surface area is 256 Å². The van der Waals surface area contributed by atoms with E-state index < -0.39 is 24.3 Å². The van der Waals surface area contributed by atoms with E-state index in [0.717, 1.165) is 39.3 Å². The molecular weight excluding hydrogens is 562 g/mol. The Kier molecular flexibility index (Phi) is 8.11. The summed E-state index contributed by atoms with van der Waals surface area (Å²) in [5.74, 6) is 0.375. The molecule has 3 aliphatic heterocycles. The third kappa shape index (κ3) is 5.32. The van der Waals surface area contributed by atoms with E-state index in [9.17, 15) is 19.8 Å². The van der Waals surface area contributed by atoms with Crippen molar-refractivity contribution in [1.82, 2.24) is 0 Å². The van der Waals surface area contributed by atoms with Gasteiger partial charge in [-0.15, -0.1) is 0 Å². The van der Waals surface area contributed by atoms with Crippen LogP contribution >= 0.6 is 0 Å². The zero-order valence-corrected chi connectivity index (χ0v) is 25.7. The summed E-state index contributed by atoms with van der Waals surface area (Å²) in [6.07, 6.45) is 5.59. The number of hydrogen-bond acceptors (Lipinski definition) is 9. The first-order chi connectivity index (χ1) is 21.1. The molecule has 1 saturated carbocycles. The summed E-state index contributed by atoms with van der Waals surface area (Å²) in [5.41, 5.74) is 3.23. The summed E-state index contributed by atoms with van der Waals surface area (Å²) in [5, 5.41) is 23.5. The molecule has 2 aromatic carbocycles. The second-order valence-electron chi connectivity index (χ2n) is 12.2. The van der Waals surface area contributed by atoms with Gasteiger partial charge in [0, 0.05) is 24.3 Å². The largest absolute Gasteiger partial charge is 0.492 e. The number of ether oxygens (including phenoxy) is 4. The van der Waals surface area contributed by atoms with Crippen molar-refractivity contribution in [3.05, 3.63) is 68.4 Å². The SMILES string of the molecule is CCCOc1c2c(c(CO)c3c1/C(=C1\CCC(=O)[C@H](c4ccc5c(c4)=CCN=5)C1)C=C(C(=O)OCC)O3)O[C@H](C(C)(C)O)C2. The molecule has 2 aromatic rings. The first-order valence-corrected chi connectivity index (χ1v) is 15.4. The standard InChI is InChI=1S/C35H39NO8/c1-5-13-42-32-24-17-29(35(3,4)40)44-31(24)25(18-37)33-30(32)23(16-28(43-33)34(39)41-6-2)20-8-10-27(38)22(15-20)19-7-9-26-21(14-19)11-12-36-26/h7,9,11,14,16,22,29,37,40H,5-6,8,10,12-13,15,17-18H2,1-4H3/b23-20+/t22-,29-/m0/s1. The summed E-state index contributed by atoms with van der Waals surface area (Å²) in [7, 11) is 0. The third-order valence-electron chi connectivity index (χ3n) is 8.75. The Bertz CT molecular complexity index is 1710. The maximum absolute atomic E-state index is 13.4. The number of ketones is 1. The van der Waals surface area contributed by atoms with Gasteiger partial charge in [0.2, 0.25) is 5.76 Å². The fourth-order valence-electron chi connectivity index (χ4n) is 6.47. The van der Waals surface area contributed by atoms with Gasteiger partial charge in [0.1, 0.15) is 29.1 Å². The summed E-state index contributed by atoms with van der Waals surface area (Å²) in [4.78, 5) is 30.9. The Morgan fingerprint density at radius 2 is 1.98 bits per heavy atom. The van der Waals surface area contributed by atoms with E-state index in [-0.39, 0.29) is 29.8 Å². The molecule has 0 aromatic heterocycles. The van der Waals surface area contributed by atoms with Crippen LogP contribution in [0.5, 0.6) is 17.2 Å². The van der Waals surface area contributed by atoms with Crippen molar-refractivity contribution in [3.63, 3.8) is 0 Å². The number of esters is 1. The van der Waals surface area contributed by atoms with E-state index in [1.807, 2.05) is 19.1 Å². The summed E-state index contributed by atoms with van der Waals surface area (Å²) < 4.78 is 24.2. The van der Waals surface area contributed by atoms with Crippen molar-refractivity contribution in [3.8, 4) is 17.2 Å². The number of nitrogens with zero attached hydrogens (tertiary/aromatic N) is 1. The number of aliphatic hydroxyl groups excluding tert-OH is 1. The molecule has 0 radical (unpaired) electrons. The minimum absolute atomic E-state index is 0.0165. The molecule has 1 aliphatic carbocycles. The van der Waals surface area contributed by atoms with Crippen molar-refractivity contribution < 1.29 is 38.7 Å². The highest BCUT2D eigenvalue weighted by Gasteiger charge is 2.43. The molecule has 0 bridgehead atoms. The van der Waals surface area contributed by atoms with Crippen molar-refractivity contribution in [1.29, 1.82) is 0 Å². The van der Waals surface area contributed by atoms with E-state index in [2.05, 4.69) is 17.1 Å². The molecule has 6 rings (SSSR count). The Balaban J connectivity index is 1.56. The predicted octanol–water partition coefficient (Wildman–Crippen LogP) is 3.59. The van der Waals surface area contributed by atoms with Crippen LogP contribution in [0, 0.1) is 0 Å². The molecule has 9 nitrogen and oxygen atoms in total. The molecule has 0 unspecified atom stereocenters. The fraction of sp³-hybridized carbons (Fsp3) is 0.457. The number of benzene rings is 2. The minimum Gasteiger partial charge on any atom is -0.492 e. The molecule has 0 spiro atoms. The van der Waals surface area contributed by atoms with Gasteiger partial charge in [0.25, 0.3) is 0 Å². The lowest BCUT2D eigenvalue weighted by atomic mass is 9.76.